The Labute approximate surface area is 125 Å². The molecule has 2 heteroatoms. The molecule has 0 radical (unpaired) electrons. The lowest BCUT2D eigenvalue weighted by Gasteiger charge is -2.47. The minimum Gasteiger partial charge on any atom is -0.322 e. The molecule has 1 atom stereocenters. The quantitative estimate of drug-likeness (QED) is 0.808. The number of nitrogens with two attached hydrogens (primary N) is 1. The zero-order valence-electron chi connectivity index (χ0n) is 14.2. The van der Waals surface area contributed by atoms with E-state index in [1.807, 2.05) is 0 Å². The van der Waals surface area contributed by atoms with Crippen molar-refractivity contribution in [2.75, 3.05) is 13.1 Å². The van der Waals surface area contributed by atoms with Crippen LogP contribution < -0.4 is 5.73 Å². The van der Waals surface area contributed by atoms with Crippen molar-refractivity contribution >= 4 is 0 Å². The second-order valence-corrected chi connectivity index (χ2v) is 5.88. The van der Waals surface area contributed by atoms with Gasteiger partial charge in [0.25, 0.3) is 0 Å². The van der Waals surface area contributed by atoms with Crippen molar-refractivity contribution in [2.45, 2.75) is 66.0 Å². The SMILES string of the molecule is CCN(CC)C(CC)(CC)C(N)c1cc(C)cc(C)c1. The Morgan fingerprint density at radius 2 is 1.40 bits per heavy atom. The Morgan fingerprint density at radius 1 is 0.950 bits per heavy atom. The van der Waals surface area contributed by atoms with Crippen LogP contribution in [0, 0.1) is 13.8 Å². The molecule has 0 spiro atoms. The first-order chi connectivity index (χ1) is 9.44. The average molecular weight is 276 g/mol. The monoisotopic (exact) mass is 276 g/mol. The molecule has 0 aliphatic rings. The third-order valence-corrected chi connectivity index (χ3v) is 4.80. The highest BCUT2D eigenvalue weighted by Crippen LogP contribution is 2.36. The van der Waals surface area contributed by atoms with E-state index < -0.39 is 0 Å². The molecule has 0 saturated heterocycles. The van der Waals surface area contributed by atoms with Crippen molar-refractivity contribution in [2.24, 2.45) is 5.73 Å². The number of hydrogen-bond acceptors (Lipinski definition) is 2. The molecule has 0 aliphatic heterocycles. The van der Waals surface area contributed by atoms with Gasteiger partial charge < -0.3 is 5.73 Å². The van der Waals surface area contributed by atoms with E-state index in [-0.39, 0.29) is 11.6 Å². The summed E-state index contributed by atoms with van der Waals surface area (Å²) in [5, 5.41) is 0. The van der Waals surface area contributed by atoms with E-state index in [4.69, 9.17) is 5.73 Å². The smallest absolute Gasteiger partial charge is 0.0482 e. The minimum atomic E-state index is 0.0593. The Bertz CT molecular complexity index is 397. The largest absolute Gasteiger partial charge is 0.322 e. The predicted molar refractivity (Wildman–Crippen MR) is 89.1 cm³/mol. The molecule has 1 aromatic rings. The number of hydrogen-bond donors (Lipinski definition) is 1. The molecule has 0 amide bonds. The second kappa shape index (κ2) is 7.24. The van der Waals surface area contributed by atoms with E-state index in [2.05, 4.69) is 64.6 Å². The number of likely N-dealkylation sites (N-methyl/N-ethyl adjacent to an activating group) is 1. The van der Waals surface area contributed by atoms with Crippen LogP contribution in [0.25, 0.3) is 0 Å². The van der Waals surface area contributed by atoms with Crippen molar-refractivity contribution in [3.05, 3.63) is 34.9 Å². The third kappa shape index (κ3) is 3.24. The van der Waals surface area contributed by atoms with Gasteiger partial charge in [-0.2, -0.15) is 0 Å². The molecule has 0 saturated carbocycles. The maximum Gasteiger partial charge on any atom is 0.0482 e. The molecule has 1 aromatic carbocycles. The van der Waals surface area contributed by atoms with Gasteiger partial charge in [0.2, 0.25) is 0 Å². The van der Waals surface area contributed by atoms with Gasteiger partial charge in [-0.05, 0) is 45.3 Å². The van der Waals surface area contributed by atoms with Gasteiger partial charge in [-0.25, -0.2) is 0 Å². The first-order valence-electron chi connectivity index (χ1n) is 8.03. The van der Waals surface area contributed by atoms with Crippen LogP contribution in [0.3, 0.4) is 0 Å². The fourth-order valence-corrected chi connectivity index (χ4v) is 3.69. The van der Waals surface area contributed by atoms with E-state index in [0.29, 0.717) is 0 Å². The number of benzene rings is 1. The zero-order chi connectivity index (χ0) is 15.3. The Hall–Kier alpha value is -0.860. The van der Waals surface area contributed by atoms with E-state index in [1.165, 1.54) is 16.7 Å². The average Bonchev–Trinajstić information content (AvgIpc) is 2.43. The van der Waals surface area contributed by atoms with Crippen LogP contribution >= 0.6 is 0 Å². The van der Waals surface area contributed by atoms with Crippen molar-refractivity contribution in [1.82, 2.24) is 4.90 Å². The van der Waals surface area contributed by atoms with Crippen LogP contribution in [0.4, 0.5) is 0 Å². The Kier molecular flexibility index (Phi) is 6.22. The standard InChI is InChI=1S/C18H32N2/c1-7-18(8-2,20(9-3)10-4)17(19)16-12-14(5)11-15(6)13-16/h11-13,17H,7-10,19H2,1-6H3. The lowest BCUT2D eigenvalue weighted by Crippen LogP contribution is -2.54. The lowest BCUT2D eigenvalue weighted by atomic mass is 9.79. The van der Waals surface area contributed by atoms with E-state index >= 15 is 0 Å². The van der Waals surface area contributed by atoms with Gasteiger partial charge in [-0.15, -0.1) is 0 Å². The van der Waals surface area contributed by atoms with Crippen LogP contribution in [0.15, 0.2) is 18.2 Å². The summed E-state index contributed by atoms with van der Waals surface area (Å²) in [5.74, 6) is 0. The van der Waals surface area contributed by atoms with E-state index in [9.17, 15) is 0 Å². The molecule has 0 heterocycles. The normalized spacial score (nSPS) is 13.8. The van der Waals surface area contributed by atoms with Crippen LogP contribution in [0.1, 0.15) is 63.3 Å². The molecule has 1 unspecified atom stereocenters. The summed E-state index contributed by atoms with van der Waals surface area (Å²) in [7, 11) is 0. The van der Waals surface area contributed by atoms with Gasteiger partial charge >= 0.3 is 0 Å². The van der Waals surface area contributed by atoms with Crippen LogP contribution in [0.5, 0.6) is 0 Å². The van der Waals surface area contributed by atoms with Gasteiger partial charge in [0, 0.05) is 11.6 Å². The molecule has 2 nitrogen and oxygen atoms in total. The van der Waals surface area contributed by atoms with Gasteiger partial charge in [0.1, 0.15) is 0 Å². The summed E-state index contributed by atoms with van der Waals surface area (Å²) in [6, 6.07) is 6.78. The summed E-state index contributed by atoms with van der Waals surface area (Å²) < 4.78 is 0. The fourth-order valence-electron chi connectivity index (χ4n) is 3.69. The summed E-state index contributed by atoms with van der Waals surface area (Å²) >= 11 is 0. The van der Waals surface area contributed by atoms with E-state index in [1.54, 1.807) is 0 Å². The maximum absolute atomic E-state index is 6.74. The highest BCUT2D eigenvalue weighted by molar-refractivity contribution is 5.32. The Balaban J connectivity index is 3.26. The molecule has 0 bridgehead atoms. The van der Waals surface area contributed by atoms with Crippen molar-refractivity contribution < 1.29 is 0 Å². The highest BCUT2D eigenvalue weighted by atomic mass is 15.2. The maximum atomic E-state index is 6.74. The molecule has 2 N–H and O–H groups in total. The first-order valence-corrected chi connectivity index (χ1v) is 8.03. The highest BCUT2D eigenvalue weighted by Gasteiger charge is 2.38. The van der Waals surface area contributed by atoms with Gasteiger partial charge in [0.05, 0.1) is 0 Å². The Morgan fingerprint density at radius 3 is 1.75 bits per heavy atom. The van der Waals surface area contributed by atoms with E-state index in [0.717, 1.165) is 25.9 Å². The molecule has 0 aliphatic carbocycles. The number of rotatable bonds is 7. The number of nitrogens with zero attached hydrogens (tertiary/aromatic N) is 1. The molecule has 1 rings (SSSR count). The number of aryl methyl sites for hydroxylation is 2. The topological polar surface area (TPSA) is 29.3 Å². The van der Waals surface area contributed by atoms with Crippen molar-refractivity contribution in [3.63, 3.8) is 0 Å². The summed E-state index contributed by atoms with van der Waals surface area (Å²) in [5.41, 5.74) is 10.7. The van der Waals surface area contributed by atoms with Gasteiger partial charge in [0.15, 0.2) is 0 Å². The van der Waals surface area contributed by atoms with Crippen molar-refractivity contribution in [3.8, 4) is 0 Å². The minimum absolute atomic E-state index is 0.0593. The summed E-state index contributed by atoms with van der Waals surface area (Å²) in [6.07, 6.45) is 2.17. The fraction of sp³-hybridized carbons (Fsp3) is 0.667. The van der Waals surface area contributed by atoms with Crippen LogP contribution in [-0.4, -0.2) is 23.5 Å². The molecule has 20 heavy (non-hydrogen) atoms. The molecule has 114 valence electrons. The summed E-state index contributed by atoms with van der Waals surface area (Å²) in [4.78, 5) is 2.54. The molecular weight excluding hydrogens is 244 g/mol. The van der Waals surface area contributed by atoms with Crippen LogP contribution in [-0.2, 0) is 0 Å². The summed E-state index contributed by atoms with van der Waals surface area (Å²) in [6.45, 7) is 15.4. The molecular formula is C18H32N2. The zero-order valence-corrected chi connectivity index (χ0v) is 14.2. The first kappa shape index (κ1) is 17.2. The second-order valence-electron chi connectivity index (χ2n) is 5.88. The van der Waals surface area contributed by atoms with Gasteiger partial charge in [-0.3, -0.25) is 4.90 Å². The van der Waals surface area contributed by atoms with Gasteiger partial charge in [-0.1, -0.05) is 57.0 Å². The van der Waals surface area contributed by atoms with Crippen LogP contribution in [0.2, 0.25) is 0 Å². The third-order valence-electron chi connectivity index (χ3n) is 4.80. The molecule has 0 fully saturated rings. The van der Waals surface area contributed by atoms with Crippen molar-refractivity contribution in [1.29, 1.82) is 0 Å². The predicted octanol–water partition coefficient (Wildman–Crippen LogP) is 4.20. The molecule has 0 aromatic heterocycles. The lowest BCUT2D eigenvalue weighted by molar-refractivity contribution is 0.0625.